The van der Waals surface area contributed by atoms with Crippen molar-refractivity contribution in [3.05, 3.63) is 36.4 Å². The van der Waals surface area contributed by atoms with E-state index < -0.39 is 0 Å². The van der Waals surface area contributed by atoms with Gasteiger partial charge in [-0.3, -0.25) is 0 Å². The molecule has 0 saturated heterocycles. The largest absolute Gasteiger partial charge is 0.487 e. The van der Waals surface area contributed by atoms with E-state index in [2.05, 4.69) is 11.4 Å². The molecule has 0 spiro atoms. The number of anilines is 1. The molecule has 0 radical (unpaired) electrons. The van der Waals surface area contributed by atoms with Crippen LogP contribution in [0.3, 0.4) is 0 Å². The summed E-state index contributed by atoms with van der Waals surface area (Å²) in [6, 6.07) is 7.97. The van der Waals surface area contributed by atoms with E-state index in [4.69, 9.17) is 4.74 Å². The zero-order valence-electron chi connectivity index (χ0n) is 6.79. The van der Waals surface area contributed by atoms with Gasteiger partial charge in [0.2, 0.25) is 0 Å². The van der Waals surface area contributed by atoms with Crippen LogP contribution < -0.4 is 10.1 Å². The quantitative estimate of drug-likeness (QED) is 0.588. The summed E-state index contributed by atoms with van der Waals surface area (Å²) in [5, 5.41) is 3.25. The average Bonchev–Trinajstić information content (AvgIpc) is 2.06. The van der Waals surface area contributed by atoms with Gasteiger partial charge in [-0.1, -0.05) is 18.2 Å². The first-order valence-electron chi connectivity index (χ1n) is 4.07. The van der Waals surface area contributed by atoms with Crippen LogP contribution in [-0.4, -0.2) is 13.2 Å². The van der Waals surface area contributed by atoms with E-state index in [1.165, 1.54) is 0 Å². The molecule has 2 heteroatoms. The number of hydrogen-bond acceptors (Lipinski definition) is 2. The molecular formula is C10H11NO. The Morgan fingerprint density at radius 3 is 3.08 bits per heavy atom. The number of benzene rings is 1. The van der Waals surface area contributed by atoms with E-state index >= 15 is 0 Å². The molecule has 0 saturated carbocycles. The molecule has 1 aliphatic rings. The summed E-state index contributed by atoms with van der Waals surface area (Å²) in [5.74, 6) is 0.932. The minimum atomic E-state index is 0.665. The molecule has 0 aromatic heterocycles. The van der Waals surface area contributed by atoms with Crippen molar-refractivity contribution in [2.75, 3.05) is 18.5 Å². The number of rotatable bonds is 0. The van der Waals surface area contributed by atoms with Gasteiger partial charge in [-0.25, -0.2) is 0 Å². The molecule has 0 fully saturated rings. The predicted octanol–water partition coefficient (Wildman–Crippen LogP) is 2.05. The van der Waals surface area contributed by atoms with Crippen LogP contribution in [0, 0.1) is 0 Å². The topological polar surface area (TPSA) is 21.3 Å². The number of hydrogen-bond donors (Lipinski definition) is 1. The van der Waals surface area contributed by atoms with Gasteiger partial charge in [0.1, 0.15) is 12.4 Å². The molecular weight excluding hydrogens is 150 g/mol. The average molecular weight is 161 g/mol. The summed E-state index contributed by atoms with van der Waals surface area (Å²) in [5.41, 5.74) is 1.07. The van der Waals surface area contributed by atoms with Crippen LogP contribution in [0.4, 0.5) is 5.69 Å². The van der Waals surface area contributed by atoms with Crippen LogP contribution in [0.25, 0.3) is 0 Å². The molecule has 2 nitrogen and oxygen atoms in total. The first-order chi connectivity index (χ1) is 5.97. The molecule has 1 heterocycles. The molecule has 0 atom stereocenters. The Hall–Kier alpha value is -1.44. The second-order valence-electron chi connectivity index (χ2n) is 2.66. The summed E-state index contributed by atoms with van der Waals surface area (Å²) >= 11 is 0. The molecule has 0 bridgehead atoms. The first-order valence-corrected chi connectivity index (χ1v) is 4.07. The van der Waals surface area contributed by atoms with Gasteiger partial charge in [-0.2, -0.15) is 0 Å². The van der Waals surface area contributed by atoms with Crippen molar-refractivity contribution in [1.82, 2.24) is 0 Å². The maximum atomic E-state index is 5.48. The normalized spacial score (nSPS) is 17.7. The van der Waals surface area contributed by atoms with Crippen LogP contribution in [0.15, 0.2) is 36.4 Å². The number of nitrogens with one attached hydrogen (secondary N) is 1. The van der Waals surface area contributed by atoms with Crippen LogP contribution in [0.2, 0.25) is 0 Å². The third-order valence-electron chi connectivity index (χ3n) is 1.80. The van der Waals surface area contributed by atoms with Crippen molar-refractivity contribution in [1.29, 1.82) is 0 Å². The van der Waals surface area contributed by atoms with E-state index in [-0.39, 0.29) is 0 Å². The lowest BCUT2D eigenvalue weighted by atomic mass is 10.3. The molecule has 1 aromatic rings. The maximum Gasteiger partial charge on any atom is 0.142 e. The Balaban J connectivity index is 2.29. The third-order valence-corrected chi connectivity index (χ3v) is 1.80. The molecule has 2 rings (SSSR count). The zero-order chi connectivity index (χ0) is 8.23. The zero-order valence-corrected chi connectivity index (χ0v) is 6.79. The molecule has 1 N–H and O–H groups in total. The van der Waals surface area contributed by atoms with Gasteiger partial charge in [0, 0.05) is 6.54 Å². The second-order valence-corrected chi connectivity index (χ2v) is 2.66. The first kappa shape index (κ1) is 7.22. The van der Waals surface area contributed by atoms with Crippen LogP contribution in [0.1, 0.15) is 0 Å². The lowest BCUT2D eigenvalue weighted by molar-refractivity contribution is 0.363. The van der Waals surface area contributed by atoms with Crippen LogP contribution >= 0.6 is 0 Å². The van der Waals surface area contributed by atoms with Gasteiger partial charge < -0.3 is 10.1 Å². The van der Waals surface area contributed by atoms with Gasteiger partial charge in [-0.05, 0) is 18.2 Å². The van der Waals surface area contributed by atoms with Crippen LogP contribution in [0.5, 0.6) is 5.75 Å². The monoisotopic (exact) mass is 161 g/mol. The van der Waals surface area contributed by atoms with Gasteiger partial charge in [0.05, 0.1) is 5.69 Å². The van der Waals surface area contributed by atoms with E-state index in [9.17, 15) is 0 Å². The highest BCUT2D eigenvalue weighted by molar-refractivity contribution is 5.56. The van der Waals surface area contributed by atoms with Crippen molar-refractivity contribution in [3.8, 4) is 5.75 Å². The summed E-state index contributed by atoms with van der Waals surface area (Å²) in [4.78, 5) is 0. The summed E-state index contributed by atoms with van der Waals surface area (Å²) in [6.45, 7) is 1.54. The fourth-order valence-corrected chi connectivity index (χ4v) is 1.20. The van der Waals surface area contributed by atoms with Crippen molar-refractivity contribution in [2.45, 2.75) is 0 Å². The Labute approximate surface area is 71.9 Å². The highest BCUT2D eigenvalue weighted by atomic mass is 16.5. The Morgan fingerprint density at radius 2 is 2.08 bits per heavy atom. The summed E-state index contributed by atoms with van der Waals surface area (Å²) < 4.78 is 5.48. The Kier molecular flexibility index (Phi) is 1.99. The lowest BCUT2D eigenvalue weighted by Crippen LogP contribution is -2.05. The van der Waals surface area contributed by atoms with Crippen molar-refractivity contribution < 1.29 is 4.74 Å². The van der Waals surface area contributed by atoms with Crippen molar-refractivity contribution >= 4 is 5.69 Å². The molecule has 62 valence electrons. The van der Waals surface area contributed by atoms with E-state index in [1.807, 2.05) is 30.3 Å². The smallest absolute Gasteiger partial charge is 0.142 e. The van der Waals surface area contributed by atoms with Gasteiger partial charge >= 0.3 is 0 Å². The Bertz CT molecular complexity index is 265. The molecule has 0 amide bonds. The number of fused-ring (bicyclic) bond motifs is 1. The van der Waals surface area contributed by atoms with Crippen molar-refractivity contribution in [2.24, 2.45) is 0 Å². The van der Waals surface area contributed by atoms with E-state index in [0.717, 1.165) is 18.0 Å². The minimum Gasteiger partial charge on any atom is -0.487 e. The van der Waals surface area contributed by atoms with E-state index in [1.54, 1.807) is 0 Å². The highest BCUT2D eigenvalue weighted by Crippen LogP contribution is 2.23. The fraction of sp³-hybridized carbons (Fsp3) is 0.200. The molecule has 0 unspecified atom stereocenters. The molecule has 1 aromatic carbocycles. The number of ether oxygens (including phenoxy) is 1. The highest BCUT2D eigenvalue weighted by Gasteiger charge is 2.01. The Morgan fingerprint density at radius 1 is 1.17 bits per heavy atom. The van der Waals surface area contributed by atoms with Crippen LogP contribution in [-0.2, 0) is 0 Å². The van der Waals surface area contributed by atoms with E-state index in [0.29, 0.717) is 6.61 Å². The van der Waals surface area contributed by atoms with Gasteiger partial charge in [-0.15, -0.1) is 0 Å². The fourth-order valence-electron chi connectivity index (χ4n) is 1.20. The third kappa shape index (κ3) is 1.42. The van der Waals surface area contributed by atoms with Gasteiger partial charge in [0.25, 0.3) is 0 Å². The van der Waals surface area contributed by atoms with Gasteiger partial charge in [0.15, 0.2) is 0 Å². The minimum absolute atomic E-state index is 0.665. The standard InChI is InChI=1S/C10H11NO/c1-2-6-10-9(5-1)11-7-3-4-8-12-10/h1-6,11H,7-8H2/b4-3-. The summed E-state index contributed by atoms with van der Waals surface area (Å²) in [7, 11) is 0. The molecule has 1 aliphatic heterocycles. The summed E-state index contributed by atoms with van der Waals surface area (Å²) in [6.07, 6.45) is 4.08. The SMILES string of the molecule is C1=C\COc2ccccc2NC/1. The predicted molar refractivity (Wildman–Crippen MR) is 49.6 cm³/mol. The number of para-hydroxylation sites is 2. The maximum absolute atomic E-state index is 5.48. The molecule has 0 aliphatic carbocycles. The van der Waals surface area contributed by atoms with Crippen molar-refractivity contribution in [3.63, 3.8) is 0 Å². The second kappa shape index (κ2) is 3.30. The molecule has 12 heavy (non-hydrogen) atoms. The lowest BCUT2D eigenvalue weighted by Gasteiger charge is -2.12.